The average molecular weight is 308 g/mol. The lowest BCUT2D eigenvalue weighted by molar-refractivity contribution is 0.183. The van der Waals surface area contributed by atoms with E-state index in [1.807, 2.05) is 73.4 Å². The minimum atomic E-state index is -0.0892. The molecule has 3 heteroatoms. The van der Waals surface area contributed by atoms with Crippen molar-refractivity contribution >= 4 is 12.1 Å². The Morgan fingerprint density at radius 1 is 1.09 bits per heavy atom. The molecule has 0 bridgehead atoms. The Bertz CT molecular complexity index is 662. The van der Waals surface area contributed by atoms with Crippen molar-refractivity contribution in [3.8, 4) is 0 Å². The van der Waals surface area contributed by atoms with E-state index in [1.54, 1.807) is 6.20 Å². The number of amides is 2. The van der Waals surface area contributed by atoms with Gasteiger partial charge in [0.1, 0.15) is 0 Å². The molecule has 1 N–H and O–H groups in total. The first kappa shape index (κ1) is 16.8. The molecule has 2 aromatic rings. The molecule has 0 radical (unpaired) electrons. The van der Waals surface area contributed by atoms with Gasteiger partial charge in [-0.3, -0.25) is 0 Å². The zero-order valence-electron chi connectivity index (χ0n) is 14.0. The molecule has 23 heavy (non-hydrogen) atoms. The van der Waals surface area contributed by atoms with E-state index >= 15 is 0 Å². The maximum atomic E-state index is 12.4. The van der Waals surface area contributed by atoms with Crippen LogP contribution < -0.4 is 5.32 Å². The van der Waals surface area contributed by atoms with Crippen LogP contribution in [0.3, 0.4) is 0 Å². The van der Waals surface area contributed by atoms with Gasteiger partial charge in [0, 0.05) is 18.8 Å². The first-order valence-corrected chi connectivity index (χ1v) is 7.91. The van der Waals surface area contributed by atoms with Gasteiger partial charge in [0.15, 0.2) is 0 Å². The van der Waals surface area contributed by atoms with Crippen molar-refractivity contribution in [1.82, 2.24) is 10.2 Å². The number of carbonyl (C=O) groups is 1. The number of hydrogen-bond donors (Lipinski definition) is 1. The molecule has 0 saturated heterocycles. The van der Waals surface area contributed by atoms with Crippen molar-refractivity contribution in [2.75, 3.05) is 0 Å². The Morgan fingerprint density at radius 3 is 2.39 bits per heavy atom. The molecule has 0 heterocycles. The molecule has 0 fully saturated rings. The SMILES string of the molecule is Cc1ccccc1/C=C/NC(=O)N(Cc1ccccc1)C(C)C. The first-order chi connectivity index (χ1) is 11.1. The smallest absolute Gasteiger partial charge is 0.318 e. The highest BCUT2D eigenvalue weighted by atomic mass is 16.2. The molecule has 2 amide bonds. The summed E-state index contributed by atoms with van der Waals surface area (Å²) in [6, 6.07) is 18.1. The Balaban J connectivity index is 2.00. The van der Waals surface area contributed by atoms with E-state index in [-0.39, 0.29) is 12.1 Å². The summed E-state index contributed by atoms with van der Waals surface area (Å²) < 4.78 is 0. The number of hydrogen-bond acceptors (Lipinski definition) is 1. The standard InChI is InChI=1S/C20H24N2O/c1-16(2)22(15-18-10-5-4-6-11-18)20(23)21-14-13-19-12-8-7-9-17(19)3/h4-14,16H,15H2,1-3H3,(H,21,23)/b14-13+. The van der Waals surface area contributed by atoms with Crippen LogP contribution in [0.15, 0.2) is 60.8 Å². The average Bonchev–Trinajstić information content (AvgIpc) is 2.55. The maximum absolute atomic E-state index is 12.4. The molecular formula is C20H24N2O. The third-order valence-corrected chi connectivity index (χ3v) is 3.74. The van der Waals surface area contributed by atoms with E-state index in [0.717, 1.165) is 11.1 Å². The van der Waals surface area contributed by atoms with Crippen LogP contribution >= 0.6 is 0 Å². The number of urea groups is 1. The molecule has 2 aromatic carbocycles. The van der Waals surface area contributed by atoms with Crippen LogP contribution in [0.5, 0.6) is 0 Å². The van der Waals surface area contributed by atoms with E-state index in [9.17, 15) is 4.79 Å². The van der Waals surface area contributed by atoms with Crippen LogP contribution in [-0.2, 0) is 6.54 Å². The molecular weight excluding hydrogens is 284 g/mol. The number of rotatable bonds is 5. The van der Waals surface area contributed by atoms with E-state index in [0.29, 0.717) is 6.54 Å². The van der Waals surface area contributed by atoms with Crippen molar-refractivity contribution in [1.29, 1.82) is 0 Å². The predicted octanol–water partition coefficient (Wildman–Crippen LogP) is 4.59. The summed E-state index contributed by atoms with van der Waals surface area (Å²) in [6.45, 7) is 6.70. The number of benzene rings is 2. The van der Waals surface area contributed by atoms with Crippen LogP contribution in [0.2, 0.25) is 0 Å². The van der Waals surface area contributed by atoms with Crippen LogP contribution in [0.25, 0.3) is 6.08 Å². The fourth-order valence-corrected chi connectivity index (χ4v) is 2.33. The van der Waals surface area contributed by atoms with Crippen molar-refractivity contribution in [3.05, 3.63) is 77.5 Å². The summed E-state index contributed by atoms with van der Waals surface area (Å²) in [6.07, 6.45) is 3.64. The van der Waals surface area contributed by atoms with Crippen molar-refractivity contribution < 1.29 is 4.79 Å². The lowest BCUT2D eigenvalue weighted by atomic mass is 10.1. The molecule has 0 saturated carbocycles. The monoisotopic (exact) mass is 308 g/mol. The fourth-order valence-electron chi connectivity index (χ4n) is 2.33. The lowest BCUT2D eigenvalue weighted by Crippen LogP contribution is -2.41. The van der Waals surface area contributed by atoms with Crippen molar-refractivity contribution in [2.45, 2.75) is 33.4 Å². The quantitative estimate of drug-likeness (QED) is 0.861. The number of nitrogens with one attached hydrogen (secondary N) is 1. The topological polar surface area (TPSA) is 32.3 Å². The molecule has 3 nitrogen and oxygen atoms in total. The van der Waals surface area contributed by atoms with Crippen molar-refractivity contribution in [2.24, 2.45) is 0 Å². The third kappa shape index (κ3) is 4.99. The second-order valence-electron chi connectivity index (χ2n) is 5.85. The molecule has 0 spiro atoms. The summed E-state index contributed by atoms with van der Waals surface area (Å²) in [5, 5.41) is 2.87. The van der Waals surface area contributed by atoms with E-state index < -0.39 is 0 Å². The molecule has 0 unspecified atom stereocenters. The predicted molar refractivity (Wildman–Crippen MR) is 95.9 cm³/mol. The zero-order chi connectivity index (χ0) is 16.7. The maximum Gasteiger partial charge on any atom is 0.321 e. The highest BCUT2D eigenvalue weighted by Crippen LogP contribution is 2.10. The summed E-state index contributed by atoms with van der Waals surface area (Å²) in [7, 11) is 0. The van der Waals surface area contributed by atoms with Gasteiger partial charge in [-0.2, -0.15) is 0 Å². The Labute approximate surface area is 138 Å². The Hall–Kier alpha value is -2.55. The highest BCUT2D eigenvalue weighted by Gasteiger charge is 2.15. The molecule has 120 valence electrons. The van der Waals surface area contributed by atoms with Crippen LogP contribution in [-0.4, -0.2) is 17.0 Å². The summed E-state index contributed by atoms with van der Waals surface area (Å²) in [5.41, 5.74) is 3.41. The van der Waals surface area contributed by atoms with Gasteiger partial charge in [0.2, 0.25) is 0 Å². The van der Waals surface area contributed by atoms with E-state index in [4.69, 9.17) is 0 Å². The van der Waals surface area contributed by atoms with E-state index in [2.05, 4.69) is 18.3 Å². The molecule has 0 aromatic heterocycles. The van der Waals surface area contributed by atoms with Gasteiger partial charge in [-0.1, -0.05) is 54.6 Å². The zero-order valence-corrected chi connectivity index (χ0v) is 14.0. The normalized spacial score (nSPS) is 11.0. The first-order valence-electron chi connectivity index (χ1n) is 7.91. The fraction of sp³-hybridized carbons (Fsp3) is 0.250. The van der Waals surface area contributed by atoms with Crippen LogP contribution in [0.4, 0.5) is 4.79 Å². The van der Waals surface area contributed by atoms with Gasteiger partial charge in [0.05, 0.1) is 0 Å². The summed E-state index contributed by atoms with van der Waals surface area (Å²) >= 11 is 0. The van der Waals surface area contributed by atoms with Gasteiger partial charge in [-0.05, 0) is 43.5 Å². The summed E-state index contributed by atoms with van der Waals surface area (Å²) in [5.74, 6) is 0. The van der Waals surface area contributed by atoms with Gasteiger partial charge >= 0.3 is 6.03 Å². The second-order valence-corrected chi connectivity index (χ2v) is 5.85. The highest BCUT2D eigenvalue weighted by molar-refractivity contribution is 5.76. The third-order valence-electron chi connectivity index (χ3n) is 3.74. The number of nitrogens with zero attached hydrogens (tertiary/aromatic N) is 1. The van der Waals surface area contributed by atoms with E-state index in [1.165, 1.54) is 5.56 Å². The minimum absolute atomic E-state index is 0.0892. The lowest BCUT2D eigenvalue weighted by Gasteiger charge is -2.26. The Morgan fingerprint density at radius 2 is 1.74 bits per heavy atom. The molecule has 2 rings (SSSR count). The Kier molecular flexibility index (Phi) is 5.98. The largest absolute Gasteiger partial charge is 0.321 e. The summed E-state index contributed by atoms with van der Waals surface area (Å²) in [4.78, 5) is 14.2. The second kappa shape index (κ2) is 8.18. The molecule has 0 aliphatic carbocycles. The number of carbonyl (C=O) groups excluding carboxylic acids is 1. The van der Waals surface area contributed by atoms with Crippen LogP contribution in [0.1, 0.15) is 30.5 Å². The van der Waals surface area contributed by atoms with Crippen LogP contribution in [0, 0.1) is 6.92 Å². The van der Waals surface area contributed by atoms with Gasteiger partial charge in [-0.25, -0.2) is 4.79 Å². The minimum Gasteiger partial charge on any atom is -0.318 e. The number of aryl methyl sites for hydroxylation is 1. The molecule has 0 atom stereocenters. The van der Waals surface area contributed by atoms with Gasteiger partial charge < -0.3 is 10.2 Å². The van der Waals surface area contributed by atoms with Gasteiger partial charge in [0.25, 0.3) is 0 Å². The molecule has 0 aliphatic heterocycles. The van der Waals surface area contributed by atoms with Gasteiger partial charge in [-0.15, -0.1) is 0 Å². The molecule has 0 aliphatic rings. The van der Waals surface area contributed by atoms with Crippen molar-refractivity contribution in [3.63, 3.8) is 0 Å².